The molecule has 1 saturated carbocycles. The van der Waals surface area contributed by atoms with E-state index in [1.54, 1.807) is 0 Å². The van der Waals surface area contributed by atoms with Crippen LogP contribution in [-0.2, 0) is 0 Å². The van der Waals surface area contributed by atoms with Crippen LogP contribution in [0.4, 0.5) is 13.2 Å². The molecule has 3 rings (SSSR count). The quantitative estimate of drug-likeness (QED) is 0.277. The number of hydrogen-bond acceptors (Lipinski definition) is 0. The minimum Gasteiger partial charge on any atom is -0.171 e. The lowest BCUT2D eigenvalue weighted by molar-refractivity contribution is -0.135. The fourth-order valence-electron chi connectivity index (χ4n) is 5.46. The first-order valence-corrected chi connectivity index (χ1v) is 11.9. The highest BCUT2D eigenvalue weighted by atomic mass is 19.4. The van der Waals surface area contributed by atoms with Gasteiger partial charge < -0.3 is 0 Å². The van der Waals surface area contributed by atoms with Crippen molar-refractivity contribution in [1.82, 2.24) is 0 Å². The van der Waals surface area contributed by atoms with E-state index in [2.05, 4.69) is 55.5 Å². The average molecular weight is 419 g/mol. The second-order valence-electron chi connectivity index (χ2n) is 9.45. The highest BCUT2D eigenvalue weighted by Crippen LogP contribution is 2.49. The van der Waals surface area contributed by atoms with E-state index in [0.29, 0.717) is 12.3 Å². The molecular formula is C27H37F3. The fourth-order valence-corrected chi connectivity index (χ4v) is 5.46. The molecule has 2 aliphatic carbocycles. The molecule has 166 valence electrons. The Bertz CT molecular complexity index is 664. The maximum Gasteiger partial charge on any atom is 0.389 e. The summed E-state index contributed by atoms with van der Waals surface area (Å²) in [6, 6.07) is 10.5. The lowest BCUT2D eigenvalue weighted by Gasteiger charge is -2.42. The van der Waals surface area contributed by atoms with E-state index in [4.69, 9.17) is 0 Å². The Hall–Kier alpha value is -1.51. The molecule has 0 aliphatic heterocycles. The minimum atomic E-state index is -4.04. The van der Waals surface area contributed by atoms with Gasteiger partial charge in [0.25, 0.3) is 0 Å². The van der Waals surface area contributed by atoms with E-state index in [0.717, 1.165) is 12.3 Å². The Kier molecular flexibility index (Phi) is 8.25. The van der Waals surface area contributed by atoms with Gasteiger partial charge in [-0.15, -0.1) is 0 Å². The molecule has 0 unspecified atom stereocenters. The van der Waals surface area contributed by atoms with Gasteiger partial charge in [0.05, 0.1) is 0 Å². The highest BCUT2D eigenvalue weighted by Gasteiger charge is 2.38. The van der Waals surface area contributed by atoms with Crippen molar-refractivity contribution in [3.8, 4) is 0 Å². The molecule has 1 fully saturated rings. The van der Waals surface area contributed by atoms with E-state index in [1.807, 2.05) is 6.07 Å². The summed E-state index contributed by atoms with van der Waals surface area (Å²) in [5.74, 6) is 1.68. The molecule has 0 saturated heterocycles. The van der Waals surface area contributed by atoms with E-state index >= 15 is 0 Å². The van der Waals surface area contributed by atoms with Crippen molar-refractivity contribution in [2.24, 2.45) is 17.3 Å². The minimum absolute atomic E-state index is 0.0629. The van der Waals surface area contributed by atoms with Crippen molar-refractivity contribution in [2.75, 3.05) is 0 Å². The van der Waals surface area contributed by atoms with E-state index in [-0.39, 0.29) is 17.8 Å². The molecule has 1 aromatic carbocycles. The zero-order valence-corrected chi connectivity index (χ0v) is 18.3. The maximum absolute atomic E-state index is 12.6. The summed E-state index contributed by atoms with van der Waals surface area (Å²) in [6.07, 6.45) is 15.2. The number of alkyl halides is 3. The lowest BCUT2D eigenvalue weighted by atomic mass is 9.62. The predicted molar refractivity (Wildman–Crippen MR) is 119 cm³/mol. The van der Waals surface area contributed by atoms with E-state index in [1.165, 1.54) is 50.5 Å². The molecule has 0 atom stereocenters. The van der Waals surface area contributed by atoms with Gasteiger partial charge in [-0.2, -0.15) is 13.2 Å². The number of rotatable bonds is 9. The molecule has 0 bridgehead atoms. The zero-order chi connectivity index (χ0) is 21.5. The van der Waals surface area contributed by atoms with Gasteiger partial charge in [0.2, 0.25) is 0 Å². The van der Waals surface area contributed by atoms with Crippen molar-refractivity contribution in [3.63, 3.8) is 0 Å². The van der Waals surface area contributed by atoms with Crippen LogP contribution in [0, 0.1) is 17.3 Å². The second-order valence-corrected chi connectivity index (χ2v) is 9.45. The van der Waals surface area contributed by atoms with Crippen LogP contribution >= 0.6 is 0 Å². The summed E-state index contributed by atoms with van der Waals surface area (Å²) < 4.78 is 37.9. The molecule has 3 heteroatoms. The van der Waals surface area contributed by atoms with Crippen molar-refractivity contribution in [3.05, 3.63) is 60.2 Å². The molecule has 1 aromatic rings. The van der Waals surface area contributed by atoms with Crippen LogP contribution in [-0.4, -0.2) is 6.18 Å². The number of unbranched alkanes of at least 4 members (excludes halogenated alkanes) is 2. The highest BCUT2D eigenvalue weighted by molar-refractivity contribution is 5.34. The number of allylic oxidation sites excluding steroid dienone is 4. The fraction of sp³-hybridized carbons (Fsp3) is 0.630. The molecule has 0 aromatic heterocycles. The zero-order valence-electron chi connectivity index (χ0n) is 18.3. The first-order chi connectivity index (χ1) is 14.4. The van der Waals surface area contributed by atoms with E-state index in [9.17, 15) is 13.2 Å². The lowest BCUT2D eigenvalue weighted by Crippen LogP contribution is -2.32. The van der Waals surface area contributed by atoms with Crippen LogP contribution in [0.3, 0.4) is 0 Å². The van der Waals surface area contributed by atoms with Crippen LogP contribution < -0.4 is 0 Å². The Morgan fingerprint density at radius 3 is 2.17 bits per heavy atom. The number of halogens is 3. The second kappa shape index (κ2) is 10.7. The molecule has 0 radical (unpaired) electrons. The van der Waals surface area contributed by atoms with Crippen LogP contribution in [0.15, 0.2) is 54.6 Å². The van der Waals surface area contributed by atoms with Crippen molar-refractivity contribution >= 4 is 0 Å². The molecule has 2 aliphatic rings. The number of benzene rings is 1. The largest absolute Gasteiger partial charge is 0.389 e. The normalized spacial score (nSPS) is 29.3. The molecule has 30 heavy (non-hydrogen) atoms. The molecule has 0 spiro atoms. The van der Waals surface area contributed by atoms with Gasteiger partial charge in [-0.25, -0.2) is 0 Å². The summed E-state index contributed by atoms with van der Waals surface area (Å²) in [7, 11) is 0. The van der Waals surface area contributed by atoms with Gasteiger partial charge in [-0.3, -0.25) is 0 Å². The van der Waals surface area contributed by atoms with Gasteiger partial charge in [0.1, 0.15) is 0 Å². The standard InChI is InChI=1S/C27H37F3/c1-2-3-9-22-12-14-25(15-13-22)26(18-7-8-19-27(28,29)30)20-16-24(17-21-26)23-10-5-4-6-11-23/h4-6,10-11,16-17,20-22,24-25H,2-3,7-9,12-15,18-19H2,1H3/t22-,24?,25-,26?. The summed E-state index contributed by atoms with van der Waals surface area (Å²) in [4.78, 5) is 0. The molecule has 0 nitrogen and oxygen atoms in total. The van der Waals surface area contributed by atoms with Crippen molar-refractivity contribution < 1.29 is 13.2 Å². The third-order valence-electron chi connectivity index (χ3n) is 7.30. The van der Waals surface area contributed by atoms with Crippen LogP contribution in [0.2, 0.25) is 0 Å². The van der Waals surface area contributed by atoms with Crippen LogP contribution in [0.1, 0.15) is 89.0 Å². The Labute approximate surface area is 180 Å². The maximum atomic E-state index is 12.6. The Balaban J connectivity index is 1.66. The molecular weight excluding hydrogens is 381 g/mol. The molecule has 0 heterocycles. The van der Waals surface area contributed by atoms with Gasteiger partial charge in [-0.05, 0) is 43.1 Å². The van der Waals surface area contributed by atoms with Crippen molar-refractivity contribution in [1.29, 1.82) is 0 Å². The van der Waals surface area contributed by atoms with Gasteiger partial charge in [0.15, 0.2) is 0 Å². The summed E-state index contributed by atoms with van der Waals surface area (Å²) in [5, 5.41) is 0. The molecule has 0 N–H and O–H groups in total. The van der Waals surface area contributed by atoms with Crippen LogP contribution in [0.25, 0.3) is 0 Å². The summed E-state index contributed by atoms with van der Waals surface area (Å²) in [6.45, 7) is 2.25. The van der Waals surface area contributed by atoms with Gasteiger partial charge in [0, 0.05) is 17.8 Å². The number of hydrogen-bond donors (Lipinski definition) is 0. The Morgan fingerprint density at radius 2 is 1.57 bits per heavy atom. The van der Waals surface area contributed by atoms with E-state index < -0.39 is 12.6 Å². The van der Waals surface area contributed by atoms with Gasteiger partial charge in [-0.1, -0.05) is 100 Å². The first-order valence-electron chi connectivity index (χ1n) is 11.9. The van der Waals surface area contributed by atoms with Crippen molar-refractivity contribution in [2.45, 2.75) is 89.6 Å². The average Bonchev–Trinajstić information content (AvgIpc) is 2.76. The predicted octanol–water partition coefficient (Wildman–Crippen LogP) is 9.00. The van der Waals surface area contributed by atoms with Gasteiger partial charge >= 0.3 is 6.18 Å². The third kappa shape index (κ3) is 6.49. The summed E-state index contributed by atoms with van der Waals surface area (Å²) in [5.41, 5.74) is 1.21. The Morgan fingerprint density at radius 1 is 0.900 bits per heavy atom. The van der Waals surface area contributed by atoms with Crippen LogP contribution in [0.5, 0.6) is 0 Å². The monoisotopic (exact) mass is 418 g/mol. The smallest absolute Gasteiger partial charge is 0.171 e. The first kappa shape index (κ1) is 23.2. The topological polar surface area (TPSA) is 0 Å². The molecule has 0 amide bonds. The summed E-state index contributed by atoms with van der Waals surface area (Å²) >= 11 is 0. The SMILES string of the molecule is CCCC[C@H]1CC[C@H](C2(CCCCC(F)(F)F)C=CC(c3ccccc3)C=C2)CC1. The third-order valence-corrected chi connectivity index (χ3v) is 7.30.